The summed E-state index contributed by atoms with van der Waals surface area (Å²) in [5, 5.41) is 12.7. The quantitative estimate of drug-likeness (QED) is 0.946. The third-order valence-electron chi connectivity index (χ3n) is 3.85. The van der Waals surface area contributed by atoms with Crippen LogP contribution in [0.5, 0.6) is 5.75 Å². The van der Waals surface area contributed by atoms with E-state index in [1.165, 1.54) is 24.2 Å². The summed E-state index contributed by atoms with van der Waals surface area (Å²) in [5.74, 6) is 1.24. The third kappa shape index (κ3) is 2.63. The van der Waals surface area contributed by atoms with Crippen molar-refractivity contribution in [2.75, 3.05) is 11.9 Å². The zero-order valence-corrected chi connectivity index (χ0v) is 12.2. The van der Waals surface area contributed by atoms with Gasteiger partial charge in [-0.3, -0.25) is 4.79 Å². The monoisotopic (exact) mass is 301 g/mol. The highest BCUT2D eigenvalue weighted by Gasteiger charge is 2.29. The number of anilines is 1. The maximum absolute atomic E-state index is 12.3. The Kier molecular flexibility index (Phi) is 3.11. The predicted molar refractivity (Wildman–Crippen MR) is 79.6 cm³/mol. The van der Waals surface area contributed by atoms with Gasteiger partial charge >= 0.3 is 0 Å². The van der Waals surface area contributed by atoms with Crippen LogP contribution in [0, 0.1) is 5.92 Å². The van der Waals surface area contributed by atoms with Crippen LogP contribution in [0.1, 0.15) is 29.3 Å². The largest absolute Gasteiger partial charge is 0.492 e. The minimum atomic E-state index is -0.173. The molecule has 1 aromatic heterocycles. The number of hydrogen-bond donors (Lipinski definition) is 1. The van der Waals surface area contributed by atoms with Gasteiger partial charge in [-0.05, 0) is 30.9 Å². The van der Waals surface area contributed by atoms with Crippen LogP contribution in [0.3, 0.4) is 0 Å². The average Bonchev–Trinajstić information content (AvgIpc) is 3.27. The van der Waals surface area contributed by atoms with Crippen LogP contribution >= 0.6 is 11.3 Å². The summed E-state index contributed by atoms with van der Waals surface area (Å²) in [5.41, 5.74) is 1.08. The Balaban J connectivity index is 1.43. The molecule has 4 rings (SSSR count). The number of nitrogens with one attached hydrogen (secondary N) is 1. The second kappa shape index (κ2) is 5.11. The van der Waals surface area contributed by atoms with E-state index >= 15 is 0 Å². The fourth-order valence-corrected chi connectivity index (χ4v) is 3.40. The van der Waals surface area contributed by atoms with Crippen LogP contribution in [-0.4, -0.2) is 22.7 Å². The number of carbonyl (C=O) groups excluding carboxylic acids is 1. The van der Waals surface area contributed by atoms with Crippen molar-refractivity contribution in [2.45, 2.75) is 25.2 Å². The van der Waals surface area contributed by atoms with Crippen molar-refractivity contribution in [3.63, 3.8) is 0 Å². The molecule has 0 spiro atoms. The molecule has 1 fully saturated rings. The van der Waals surface area contributed by atoms with E-state index < -0.39 is 0 Å². The number of rotatable bonds is 3. The van der Waals surface area contributed by atoms with Gasteiger partial charge in [0.05, 0.1) is 5.92 Å². The number of fused-ring (bicyclic) bond motifs is 1. The molecule has 2 heterocycles. The minimum Gasteiger partial charge on any atom is -0.492 e. The number of nitrogens with zero attached hydrogens (tertiary/aromatic N) is 2. The Bertz CT molecular complexity index is 681. The molecule has 2 aromatic rings. The van der Waals surface area contributed by atoms with Crippen LogP contribution in [0.25, 0.3) is 0 Å². The summed E-state index contributed by atoms with van der Waals surface area (Å²) < 4.78 is 5.65. The molecule has 2 aliphatic rings. The molecule has 1 amide bonds. The molecular formula is C15H15N3O2S. The number of amides is 1. The Morgan fingerprint density at radius 2 is 2.14 bits per heavy atom. The zero-order chi connectivity index (χ0) is 14.2. The van der Waals surface area contributed by atoms with Gasteiger partial charge in [0.2, 0.25) is 11.0 Å². The summed E-state index contributed by atoms with van der Waals surface area (Å²) in [7, 11) is 0. The van der Waals surface area contributed by atoms with Crippen molar-refractivity contribution in [1.82, 2.24) is 10.2 Å². The zero-order valence-electron chi connectivity index (χ0n) is 11.4. The standard InChI is InChI=1S/C15H15N3O2S/c19-13(16-15-18-17-14(21-15)9-5-6-9)11-7-10-3-1-2-4-12(10)20-8-11/h1-4,9,11H,5-8H2,(H,16,18,19). The van der Waals surface area contributed by atoms with E-state index in [0.29, 0.717) is 24.1 Å². The first-order valence-electron chi connectivity index (χ1n) is 7.14. The van der Waals surface area contributed by atoms with Gasteiger partial charge in [0.25, 0.3) is 0 Å². The lowest BCUT2D eigenvalue weighted by atomic mass is 9.96. The van der Waals surface area contributed by atoms with E-state index in [2.05, 4.69) is 15.5 Å². The van der Waals surface area contributed by atoms with Crippen molar-refractivity contribution in [3.8, 4) is 5.75 Å². The number of para-hydroxylation sites is 1. The molecule has 21 heavy (non-hydrogen) atoms. The van der Waals surface area contributed by atoms with E-state index in [-0.39, 0.29) is 11.8 Å². The van der Waals surface area contributed by atoms with E-state index in [1.54, 1.807) is 0 Å². The lowest BCUT2D eigenvalue weighted by Crippen LogP contribution is -2.32. The highest BCUT2D eigenvalue weighted by Crippen LogP contribution is 2.42. The van der Waals surface area contributed by atoms with Crippen molar-refractivity contribution in [1.29, 1.82) is 0 Å². The average molecular weight is 301 g/mol. The minimum absolute atomic E-state index is 0.0389. The molecule has 1 atom stereocenters. The van der Waals surface area contributed by atoms with Crippen molar-refractivity contribution >= 4 is 22.4 Å². The second-order valence-electron chi connectivity index (χ2n) is 5.53. The number of carbonyl (C=O) groups is 1. The summed E-state index contributed by atoms with van der Waals surface area (Å²) in [6.07, 6.45) is 3.09. The van der Waals surface area contributed by atoms with Crippen LogP contribution in [0.15, 0.2) is 24.3 Å². The highest BCUT2D eigenvalue weighted by molar-refractivity contribution is 7.15. The molecule has 108 valence electrons. The molecule has 0 radical (unpaired) electrons. The fraction of sp³-hybridized carbons (Fsp3) is 0.400. The van der Waals surface area contributed by atoms with Crippen LogP contribution in [0.4, 0.5) is 5.13 Å². The number of benzene rings is 1. The van der Waals surface area contributed by atoms with Crippen molar-refractivity contribution in [3.05, 3.63) is 34.8 Å². The van der Waals surface area contributed by atoms with Crippen LogP contribution < -0.4 is 10.1 Å². The molecule has 5 nitrogen and oxygen atoms in total. The van der Waals surface area contributed by atoms with E-state index in [0.717, 1.165) is 16.3 Å². The third-order valence-corrected chi connectivity index (χ3v) is 4.85. The molecule has 1 aliphatic heterocycles. The van der Waals surface area contributed by atoms with Crippen molar-refractivity contribution < 1.29 is 9.53 Å². The lowest BCUT2D eigenvalue weighted by Gasteiger charge is -2.23. The van der Waals surface area contributed by atoms with Gasteiger partial charge in [-0.1, -0.05) is 29.5 Å². The number of ether oxygens (including phenoxy) is 1. The Morgan fingerprint density at radius 1 is 1.29 bits per heavy atom. The fourth-order valence-electron chi connectivity index (χ4n) is 2.48. The maximum atomic E-state index is 12.3. The molecule has 1 saturated carbocycles. The SMILES string of the molecule is O=C(Nc1nnc(C2CC2)s1)C1COc2ccccc2C1. The Morgan fingerprint density at radius 3 is 3.00 bits per heavy atom. The van der Waals surface area contributed by atoms with Gasteiger partial charge < -0.3 is 10.1 Å². The Labute approximate surface area is 126 Å². The van der Waals surface area contributed by atoms with E-state index in [1.807, 2.05) is 24.3 Å². The highest BCUT2D eigenvalue weighted by atomic mass is 32.1. The first kappa shape index (κ1) is 12.8. The maximum Gasteiger partial charge on any atom is 0.233 e. The van der Waals surface area contributed by atoms with Gasteiger partial charge in [-0.15, -0.1) is 10.2 Å². The van der Waals surface area contributed by atoms with E-state index in [9.17, 15) is 4.79 Å². The topological polar surface area (TPSA) is 64.1 Å². The van der Waals surface area contributed by atoms with Crippen LogP contribution in [-0.2, 0) is 11.2 Å². The van der Waals surface area contributed by atoms with Crippen molar-refractivity contribution in [2.24, 2.45) is 5.92 Å². The molecule has 1 N–H and O–H groups in total. The molecule has 0 bridgehead atoms. The van der Waals surface area contributed by atoms with Gasteiger partial charge in [0, 0.05) is 5.92 Å². The summed E-state index contributed by atoms with van der Waals surface area (Å²) in [4.78, 5) is 12.3. The van der Waals surface area contributed by atoms with Gasteiger partial charge in [-0.2, -0.15) is 0 Å². The smallest absolute Gasteiger partial charge is 0.233 e. The van der Waals surface area contributed by atoms with Gasteiger partial charge in [-0.25, -0.2) is 0 Å². The van der Waals surface area contributed by atoms with Crippen LogP contribution in [0.2, 0.25) is 0 Å². The normalized spacial score (nSPS) is 20.5. The number of aromatic nitrogens is 2. The summed E-state index contributed by atoms with van der Waals surface area (Å²) in [6, 6.07) is 7.86. The summed E-state index contributed by atoms with van der Waals surface area (Å²) in [6.45, 7) is 0.414. The number of hydrogen-bond acceptors (Lipinski definition) is 5. The van der Waals surface area contributed by atoms with E-state index in [4.69, 9.17) is 4.74 Å². The van der Waals surface area contributed by atoms with Gasteiger partial charge in [0.1, 0.15) is 17.4 Å². The predicted octanol–water partition coefficient (Wildman–Crippen LogP) is 2.61. The first-order valence-corrected chi connectivity index (χ1v) is 7.96. The molecular weight excluding hydrogens is 286 g/mol. The lowest BCUT2D eigenvalue weighted by molar-refractivity contribution is -0.121. The second-order valence-corrected chi connectivity index (χ2v) is 6.54. The molecule has 1 unspecified atom stereocenters. The van der Waals surface area contributed by atoms with Gasteiger partial charge in [0.15, 0.2) is 0 Å². The molecule has 0 saturated heterocycles. The summed E-state index contributed by atoms with van der Waals surface area (Å²) >= 11 is 1.49. The Hall–Kier alpha value is -1.95. The molecule has 1 aromatic carbocycles. The molecule has 1 aliphatic carbocycles. The first-order chi connectivity index (χ1) is 10.3. The molecule has 6 heteroatoms.